The summed E-state index contributed by atoms with van der Waals surface area (Å²) >= 11 is 1.53. The van der Waals surface area contributed by atoms with Crippen LogP contribution < -0.4 is 5.32 Å². The summed E-state index contributed by atoms with van der Waals surface area (Å²) in [5, 5.41) is 21.0. The highest BCUT2D eigenvalue weighted by atomic mass is 32.2. The number of carboxylic acids is 1. The van der Waals surface area contributed by atoms with Crippen molar-refractivity contribution in [2.75, 3.05) is 6.54 Å². The third-order valence-electron chi connectivity index (χ3n) is 2.71. The predicted molar refractivity (Wildman–Crippen MR) is 70.7 cm³/mol. The van der Waals surface area contributed by atoms with Crippen LogP contribution in [0.3, 0.4) is 0 Å². The first-order valence-electron chi connectivity index (χ1n) is 5.88. The van der Waals surface area contributed by atoms with Crippen molar-refractivity contribution < 1.29 is 9.90 Å². The lowest BCUT2D eigenvalue weighted by Gasteiger charge is -2.28. The smallest absolute Gasteiger partial charge is 0.323 e. The molecule has 2 N–H and O–H groups in total. The van der Waals surface area contributed by atoms with Crippen LogP contribution in [-0.4, -0.2) is 43.2 Å². The summed E-state index contributed by atoms with van der Waals surface area (Å²) in [6.07, 6.45) is 2.16. The fourth-order valence-corrected chi connectivity index (χ4v) is 2.89. The fraction of sp³-hybridized carbons (Fsp3) is 0.727. The summed E-state index contributed by atoms with van der Waals surface area (Å²) in [7, 11) is 1.87. The number of nitrogens with one attached hydrogen (secondary N) is 1. The van der Waals surface area contributed by atoms with Crippen molar-refractivity contribution in [1.82, 2.24) is 20.1 Å². The minimum atomic E-state index is -0.903. The molecule has 2 unspecified atom stereocenters. The van der Waals surface area contributed by atoms with Crippen molar-refractivity contribution in [3.63, 3.8) is 0 Å². The lowest BCUT2D eigenvalue weighted by atomic mass is 9.96. The van der Waals surface area contributed by atoms with Gasteiger partial charge in [0.25, 0.3) is 0 Å². The van der Waals surface area contributed by atoms with Crippen LogP contribution in [0.5, 0.6) is 0 Å². The topological polar surface area (TPSA) is 80.0 Å². The van der Waals surface area contributed by atoms with Gasteiger partial charge in [-0.2, -0.15) is 0 Å². The fourth-order valence-electron chi connectivity index (χ4n) is 1.80. The van der Waals surface area contributed by atoms with Crippen LogP contribution in [-0.2, 0) is 11.8 Å². The Morgan fingerprint density at radius 1 is 1.72 bits per heavy atom. The quantitative estimate of drug-likeness (QED) is 0.725. The van der Waals surface area contributed by atoms with Crippen molar-refractivity contribution in [2.24, 2.45) is 7.05 Å². The second kappa shape index (κ2) is 6.19. The number of hydrogen-bond donors (Lipinski definition) is 2. The Balaban J connectivity index is 2.65. The predicted octanol–water partition coefficient (Wildman–Crippen LogP) is 1.14. The van der Waals surface area contributed by atoms with Gasteiger partial charge in [-0.1, -0.05) is 25.6 Å². The van der Waals surface area contributed by atoms with E-state index in [1.54, 1.807) is 13.3 Å². The molecule has 0 radical (unpaired) electrons. The minimum absolute atomic E-state index is 0.132. The number of aromatic nitrogens is 3. The zero-order valence-electron chi connectivity index (χ0n) is 11.2. The molecule has 18 heavy (non-hydrogen) atoms. The van der Waals surface area contributed by atoms with Gasteiger partial charge in [0.05, 0.1) is 0 Å². The highest BCUT2D eigenvalue weighted by Crippen LogP contribution is 2.27. The van der Waals surface area contributed by atoms with Crippen molar-refractivity contribution in [2.45, 2.75) is 43.1 Å². The molecule has 0 fully saturated rings. The first-order chi connectivity index (χ1) is 8.39. The molecule has 0 bridgehead atoms. The standard InChI is InChI=1S/C11H20N4O2S/c1-5-12-11(3,9(16)17)6-8(2)18-10-14-13-7-15(10)4/h7-8,12H,5-6H2,1-4H3,(H,16,17). The first-order valence-corrected chi connectivity index (χ1v) is 6.76. The van der Waals surface area contributed by atoms with Gasteiger partial charge in [0, 0.05) is 12.3 Å². The molecule has 7 heteroatoms. The molecule has 0 aromatic carbocycles. The maximum Gasteiger partial charge on any atom is 0.323 e. The van der Waals surface area contributed by atoms with Gasteiger partial charge in [0.2, 0.25) is 0 Å². The van der Waals surface area contributed by atoms with E-state index >= 15 is 0 Å². The van der Waals surface area contributed by atoms with E-state index in [9.17, 15) is 9.90 Å². The zero-order chi connectivity index (χ0) is 13.8. The number of rotatable bonds is 7. The molecule has 0 aliphatic rings. The molecule has 0 aliphatic carbocycles. The molecule has 0 aliphatic heterocycles. The Morgan fingerprint density at radius 2 is 2.39 bits per heavy atom. The van der Waals surface area contributed by atoms with E-state index in [1.807, 2.05) is 25.5 Å². The summed E-state index contributed by atoms with van der Waals surface area (Å²) in [6.45, 7) is 6.25. The van der Waals surface area contributed by atoms with Crippen LogP contribution in [0.15, 0.2) is 11.5 Å². The van der Waals surface area contributed by atoms with Crippen molar-refractivity contribution in [3.8, 4) is 0 Å². The van der Waals surface area contributed by atoms with Crippen molar-refractivity contribution in [3.05, 3.63) is 6.33 Å². The molecule has 102 valence electrons. The number of thioether (sulfide) groups is 1. The second-order valence-corrected chi connectivity index (χ2v) is 5.93. The molecular weight excluding hydrogens is 252 g/mol. The van der Waals surface area contributed by atoms with E-state index in [1.165, 1.54) is 11.8 Å². The number of likely N-dealkylation sites (N-methyl/N-ethyl adjacent to an activating group) is 1. The number of nitrogens with zero attached hydrogens (tertiary/aromatic N) is 3. The summed E-state index contributed by atoms with van der Waals surface area (Å²) in [6, 6.07) is 0. The molecule has 1 rings (SSSR count). The molecule has 0 saturated heterocycles. The number of carbonyl (C=O) groups is 1. The van der Waals surface area contributed by atoms with Gasteiger partial charge in [-0.25, -0.2) is 0 Å². The Kier molecular flexibility index (Phi) is 5.15. The maximum absolute atomic E-state index is 11.3. The highest BCUT2D eigenvalue weighted by Gasteiger charge is 2.34. The van der Waals surface area contributed by atoms with Crippen LogP contribution >= 0.6 is 11.8 Å². The van der Waals surface area contributed by atoms with E-state index in [0.29, 0.717) is 13.0 Å². The normalized spacial score (nSPS) is 16.2. The number of hydrogen-bond acceptors (Lipinski definition) is 5. The molecule has 0 amide bonds. The van der Waals surface area contributed by atoms with Crippen molar-refractivity contribution in [1.29, 1.82) is 0 Å². The van der Waals surface area contributed by atoms with E-state index in [4.69, 9.17) is 0 Å². The molecule has 0 spiro atoms. The van der Waals surface area contributed by atoms with Gasteiger partial charge in [-0.15, -0.1) is 10.2 Å². The van der Waals surface area contributed by atoms with E-state index in [2.05, 4.69) is 15.5 Å². The average Bonchev–Trinajstić information content (AvgIpc) is 2.64. The molecule has 2 atom stereocenters. The van der Waals surface area contributed by atoms with Crippen molar-refractivity contribution >= 4 is 17.7 Å². The van der Waals surface area contributed by atoms with Gasteiger partial charge >= 0.3 is 5.97 Å². The lowest BCUT2D eigenvalue weighted by Crippen LogP contribution is -2.50. The molecule has 1 aromatic heterocycles. The van der Waals surface area contributed by atoms with E-state index < -0.39 is 11.5 Å². The number of aliphatic carboxylic acids is 1. The zero-order valence-corrected chi connectivity index (χ0v) is 12.0. The molecule has 6 nitrogen and oxygen atoms in total. The highest BCUT2D eigenvalue weighted by molar-refractivity contribution is 7.99. The third-order valence-corrected chi connectivity index (χ3v) is 3.86. The van der Waals surface area contributed by atoms with Gasteiger partial charge in [0.15, 0.2) is 5.16 Å². The van der Waals surface area contributed by atoms with Crippen LogP contribution in [0.1, 0.15) is 27.2 Å². The largest absolute Gasteiger partial charge is 0.480 e. The number of carboxylic acid groups (broad SMARTS) is 1. The second-order valence-electron chi connectivity index (χ2n) is 4.52. The Hall–Kier alpha value is -1.08. The van der Waals surface area contributed by atoms with Crippen LogP contribution in [0.2, 0.25) is 0 Å². The van der Waals surface area contributed by atoms with Crippen LogP contribution in [0.25, 0.3) is 0 Å². The first kappa shape index (κ1) is 15.0. The summed E-state index contributed by atoms with van der Waals surface area (Å²) in [5.41, 5.74) is -0.903. The van der Waals surface area contributed by atoms with E-state index in [-0.39, 0.29) is 5.25 Å². The molecular formula is C11H20N4O2S. The SMILES string of the molecule is CCNC(C)(CC(C)Sc1nncn1C)C(=O)O. The van der Waals surface area contributed by atoms with Gasteiger partial charge in [-0.3, -0.25) is 4.79 Å². The summed E-state index contributed by atoms with van der Waals surface area (Å²) < 4.78 is 1.83. The Bertz CT molecular complexity index is 410. The maximum atomic E-state index is 11.3. The van der Waals surface area contributed by atoms with Gasteiger partial charge in [-0.05, 0) is 19.9 Å². The van der Waals surface area contributed by atoms with Crippen LogP contribution in [0.4, 0.5) is 0 Å². The Morgan fingerprint density at radius 3 is 2.83 bits per heavy atom. The summed E-state index contributed by atoms with van der Waals surface area (Å²) in [5.74, 6) is -0.824. The molecule has 1 heterocycles. The van der Waals surface area contributed by atoms with Gasteiger partial charge < -0.3 is 15.0 Å². The van der Waals surface area contributed by atoms with E-state index in [0.717, 1.165) is 5.16 Å². The molecule has 0 saturated carbocycles. The van der Waals surface area contributed by atoms with Crippen LogP contribution in [0, 0.1) is 0 Å². The third kappa shape index (κ3) is 3.71. The lowest BCUT2D eigenvalue weighted by molar-refractivity contribution is -0.144. The van der Waals surface area contributed by atoms with Gasteiger partial charge in [0.1, 0.15) is 11.9 Å². The molecule has 1 aromatic rings. The minimum Gasteiger partial charge on any atom is -0.480 e. The Labute approximate surface area is 111 Å². The monoisotopic (exact) mass is 272 g/mol. The number of aryl methyl sites for hydroxylation is 1. The summed E-state index contributed by atoms with van der Waals surface area (Å²) in [4.78, 5) is 11.3. The average molecular weight is 272 g/mol.